The molecule has 0 atom stereocenters. The van der Waals surface area contributed by atoms with E-state index in [-0.39, 0.29) is 0 Å². The summed E-state index contributed by atoms with van der Waals surface area (Å²) in [5.74, 6) is 0. The van der Waals surface area contributed by atoms with Crippen molar-refractivity contribution >= 4 is 37.5 Å². The summed E-state index contributed by atoms with van der Waals surface area (Å²) < 4.78 is 29.0. The SMILES string of the molecule is CN(c1ccc(Br)cc1N)S(=O)(=O)N1CCCCCC1. The maximum absolute atomic E-state index is 12.7. The van der Waals surface area contributed by atoms with Gasteiger partial charge in [-0.25, -0.2) is 0 Å². The van der Waals surface area contributed by atoms with Crippen molar-refractivity contribution in [2.24, 2.45) is 0 Å². The zero-order valence-electron chi connectivity index (χ0n) is 11.5. The number of benzene rings is 1. The molecule has 1 aromatic rings. The normalized spacial score (nSPS) is 17.7. The highest BCUT2D eigenvalue weighted by molar-refractivity contribution is 9.10. The summed E-state index contributed by atoms with van der Waals surface area (Å²) in [7, 11) is -1.95. The second-order valence-corrected chi connectivity index (χ2v) is 7.87. The van der Waals surface area contributed by atoms with Crippen LogP contribution in [0.25, 0.3) is 0 Å². The van der Waals surface area contributed by atoms with Crippen LogP contribution in [0.5, 0.6) is 0 Å². The molecule has 1 fully saturated rings. The molecule has 1 aromatic carbocycles. The lowest BCUT2D eigenvalue weighted by Gasteiger charge is -2.28. The molecule has 2 rings (SSSR count). The van der Waals surface area contributed by atoms with E-state index in [1.54, 1.807) is 29.6 Å². The largest absolute Gasteiger partial charge is 0.397 e. The Bertz CT molecular complexity index is 569. The summed E-state index contributed by atoms with van der Waals surface area (Å²) in [5.41, 5.74) is 6.88. The van der Waals surface area contributed by atoms with Crippen LogP contribution in [0.3, 0.4) is 0 Å². The molecule has 0 saturated carbocycles. The molecule has 0 spiro atoms. The first-order chi connectivity index (χ1) is 9.43. The van der Waals surface area contributed by atoms with Gasteiger partial charge in [0.15, 0.2) is 0 Å². The summed E-state index contributed by atoms with van der Waals surface area (Å²) in [6.45, 7) is 1.17. The van der Waals surface area contributed by atoms with E-state index in [0.717, 1.165) is 30.2 Å². The lowest BCUT2D eigenvalue weighted by Crippen LogP contribution is -2.42. The van der Waals surface area contributed by atoms with Gasteiger partial charge in [-0.3, -0.25) is 4.31 Å². The Morgan fingerprint density at radius 2 is 1.80 bits per heavy atom. The highest BCUT2D eigenvalue weighted by Gasteiger charge is 2.28. The van der Waals surface area contributed by atoms with E-state index < -0.39 is 10.2 Å². The summed E-state index contributed by atoms with van der Waals surface area (Å²) in [6, 6.07) is 5.22. The monoisotopic (exact) mass is 361 g/mol. The Kier molecular flexibility index (Phi) is 4.93. The van der Waals surface area contributed by atoms with Crippen LogP contribution in [0.4, 0.5) is 11.4 Å². The maximum atomic E-state index is 12.7. The van der Waals surface area contributed by atoms with Crippen molar-refractivity contribution in [3.05, 3.63) is 22.7 Å². The second-order valence-electron chi connectivity index (χ2n) is 4.99. The van der Waals surface area contributed by atoms with Gasteiger partial charge in [0.1, 0.15) is 0 Å². The third-order valence-electron chi connectivity index (χ3n) is 3.57. The molecule has 1 saturated heterocycles. The predicted octanol–water partition coefficient (Wildman–Crippen LogP) is 2.59. The molecule has 0 aromatic heterocycles. The fraction of sp³-hybridized carbons (Fsp3) is 0.538. The smallest absolute Gasteiger partial charge is 0.303 e. The van der Waals surface area contributed by atoms with E-state index >= 15 is 0 Å². The Hall–Kier alpha value is -0.790. The number of hydrogen-bond acceptors (Lipinski definition) is 3. The summed E-state index contributed by atoms with van der Waals surface area (Å²) in [5, 5.41) is 0. The summed E-state index contributed by atoms with van der Waals surface area (Å²) in [6.07, 6.45) is 4.03. The Morgan fingerprint density at radius 3 is 2.35 bits per heavy atom. The molecule has 2 N–H and O–H groups in total. The standard InChI is InChI=1S/C13H20BrN3O2S/c1-16(13-7-6-11(14)10-12(13)15)20(18,19)17-8-4-2-3-5-9-17/h6-7,10H,2-5,8-9,15H2,1H3. The van der Waals surface area contributed by atoms with E-state index in [0.29, 0.717) is 24.5 Å². The molecular weight excluding hydrogens is 342 g/mol. The minimum Gasteiger partial charge on any atom is -0.397 e. The molecule has 1 aliphatic heterocycles. The number of nitrogens with zero attached hydrogens (tertiary/aromatic N) is 2. The molecule has 0 radical (unpaired) electrons. The topological polar surface area (TPSA) is 66.6 Å². The lowest BCUT2D eigenvalue weighted by atomic mass is 10.2. The molecule has 112 valence electrons. The number of hydrogen-bond donors (Lipinski definition) is 1. The van der Waals surface area contributed by atoms with E-state index in [9.17, 15) is 8.42 Å². The molecule has 5 nitrogen and oxygen atoms in total. The van der Waals surface area contributed by atoms with Crippen LogP contribution < -0.4 is 10.0 Å². The van der Waals surface area contributed by atoms with E-state index in [2.05, 4.69) is 15.9 Å². The number of anilines is 2. The number of nitrogens with two attached hydrogens (primary N) is 1. The zero-order chi connectivity index (χ0) is 14.8. The van der Waals surface area contributed by atoms with Gasteiger partial charge < -0.3 is 5.73 Å². The molecule has 0 bridgehead atoms. The fourth-order valence-electron chi connectivity index (χ4n) is 2.38. The maximum Gasteiger partial charge on any atom is 0.303 e. The molecule has 1 heterocycles. The van der Waals surface area contributed by atoms with E-state index in [1.807, 2.05) is 0 Å². The average molecular weight is 362 g/mol. The van der Waals surface area contributed by atoms with Gasteiger partial charge in [0.2, 0.25) is 0 Å². The summed E-state index contributed by atoms with van der Waals surface area (Å²) >= 11 is 3.32. The molecule has 0 amide bonds. The Balaban J connectivity index is 2.27. The minimum absolute atomic E-state index is 0.445. The number of halogens is 1. The van der Waals surface area contributed by atoms with Gasteiger partial charge in [0, 0.05) is 24.6 Å². The van der Waals surface area contributed by atoms with Crippen LogP contribution in [0.1, 0.15) is 25.7 Å². The first kappa shape index (κ1) is 15.6. The molecule has 20 heavy (non-hydrogen) atoms. The van der Waals surface area contributed by atoms with Gasteiger partial charge >= 0.3 is 10.2 Å². The van der Waals surface area contributed by atoms with Crippen LogP contribution in [0.15, 0.2) is 22.7 Å². The Labute approximate surface area is 129 Å². The van der Waals surface area contributed by atoms with E-state index in [1.165, 1.54) is 4.31 Å². The van der Waals surface area contributed by atoms with Crippen molar-refractivity contribution in [1.29, 1.82) is 0 Å². The van der Waals surface area contributed by atoms with Crippen LogP contribution >= 0.6 is 15.9 Å². The van der Waals surface area contributed by atoms with E-state index in [4.69, 9.17) is 5.73 Å². The van der Waals surface area contributed by atoms with Gasteiger partial charge in [-0.2, -0.15) is 12.7 Å². The van der Waals surface area contributed by atoms with Crippen LogP contribution in [-0.4, -0.2) is 32.9 Å². The molecule has 1 aliphatic rings. The number of rotatable bonds is 3. The third kappa shape index (κ3) is 3.27. The highest BCUT2D eigenvalue weighted by Crippen LogP contribution is 2.29. The van der Waals surface area contributed by atoms with Crippen molar-refractivity contribution in [1.82, 2.24) is 4.31 Å². The zero-order valence-corrected chi connectivity index (χ0v) is 14.0. The van der Waals surface area contributed by atoms with Gasteiger partial charge in [0.25, 0.3) is 0 Å². The Morgan fingerprint density at radius 1 is 1.20 bits per heavy atom. The van der Waals surface area contributed by atoms with Crippen molar-refractivity contribution in [2.75, 3.05) is 30.2 Å². The molecule has 7 heteroatoms. The van der Waals surface area contributed by atoms with Crippen molar-refractivity contribution in [2.45, 2.75) is 25.7 Å². The highest BCUT2D eigenvalue weighted by atomic mass is 79.9. The van der Waals surface area contributed by atoms with Crippen molar-refractivity contribution in [3.8, 4) is 0 Å². The van der Waals surface area contributed by atoms with Crippen LogP contribution in [-0.2, 0) is 10.2 Å². The van der Waals surface area contributed by atoms with Gasteiger partial charge in [-0.05, 0) is 31.0 Å². The minimum atomic E-state index is -3.50. The third-order valence-corrected chi connectivity index (χ3v) is 5.97. The first-order valence-electron chi connectivity index (χ1n) is 6.72. The second kappa shape index (κ2) is 6.32. The number of nitrogen functional groups attached to an aromatic ring is 1. The molecule has 0 unspecified atom stereocenters. The molecule has 0 aliphatic carbocycles. The van der Waals surface area contributed by atoms with Crippen molar-refractivity contribution in [3.63, 3.8) is 0 Å². The fourth-order valence-corrected chi connectivity index (χ4v) is 4.24. The van der Waals surface area contributed by atoms with Gasteiger partial charge in [-0.15, -0.1) is 0 Å². The molecular formula is C13H20BrN3O2S. The quantitative estimate of drug-likeness (QED) is 0.841. The van der Waals surface area contributed by atoms with Crippen LogP contribution in [0.2, 0.25) is 0 Å². The lowest BCUT2D eigenvalue weighted by molar-refractivity contribution is 0.422. The van der Waals surface area contributed by atoms with Gasteiger partial charge in [-0.1, -0.05) is 28.8 Å². The average Bonchev–Trinajstić information content (AvgIpc) is 2.67. The first-order valence-corrected chi connectivity index (χ1v) is 8.91. The van der Waals surface area contributed by atoms with Crippen molar-refractivity contribution < 1.29 is 8.42 Å². The van der Waals surface area contributed by atoms with Gasteiger partial charge in [0.05, 0.1) is 11.4 Å². The predicted molar refractivity (Wildman–Crippen MR) is 85.9 cm³/mol. The summed E-state index contributed by atoms with van der Waals surface area (Å²) in [4.78, 5) is 0. The van der Waals surface area contributed by atoms with Crippen LogP contribution in [0, 0.1) is 0 Å².